The average Bonchev–Trinajstić information content (AvgIpc) is 2.69. The monoisotopic (exact) mass is 460 g/mol. The summed E-state index contributed by atoms with van der Waals surface area (Å²) in [7, 11) is 0. The first-order valence-corrected chi connectivity index (χ1v) is 12.1. The van der Waals surface area contributed by atoms with E-state index in [0.717, 1.165) is 11.3 Å². The molecule has 1 unspecified atom stereocenters. The summed E-state index contributed by atoms with van der Waals surface area (Å²) in [6, 6.07) is 15.2. The van der Waals surface area contributed by atoms with Crippen molar-refractivity contribution in [3.8, 4) is 0 Å². The maximum atomic E-state index is 13.2. The van der Waals surface area contributed by atoms with E-state index in [1.807, 2.05) is 52.0 Å². The standard InChI is InChI=1S/C25H33ClN2O2S/c1-6-22(24(30)27-25(3,4)5)28(15-19-11-13-21(26)14-12-19)23(29)17-31-16-20-9-7-18(2)8-10-20/h7-14,22H,6,15-17H2,1-5H3,(H,27,30). The van der Waals surface area contributed by atoms with Crippen molar-refractivity contribution in [2.75, 3.05) is 5.75 Å². The molecule has 0 aromatic heterocycles. The highest BCUT2D eigenvalue weighted by molar-refractivity contribution is 7.99. The molecule has 0 heterocycles. The van der Waals surface area contributed by atoms with Gasteiger partial charge in [-0.1, -0.05) is 60.5 Å². The van der Waals surface area contributed by atoms with Gasteiger partial charge in [0.15, 0.2) is 0 Å². The number of nitrogens with one attached hydrogen (secondary N) is 1. The Kier molecular flexibility index (Phi) is 9.45. The normalized spacial score (nSPS) is 12.3. The van der Waals surface area contributed by atoms with Crippen LogP contribution in [-0.4, -0.2) is 34.0 Å². The van der Waals surface area contributed by atoms with E-state index in [0.29, 0.717) is 23.7 Å². The first-order chi connectivity index (χ1) is 14.6. The molecule has 0 bridgehead atoms. The Labute approximate surface area is 195 Å². The number of carbonyl (C=O) groups excluding carboxylic acids is 2. The molecular formula is C25H33ClN2O2S. The number of hydrogen-bond acceptors (Lipinski definition) is 3. The average molecular weight is 461 g/mol. The molecule has 0 aliphatic heterocycles. The molecule has 1 atom stereocenters. The molecule has 0 aliphatic rings. The SMILES string of the molecule is CCC(C(=O)NC(C)(C)C)N(Cc1ccc(Cl)cc1)C(=O)CSCc1ccc(C)cc1. The molecule has 0 radical (unpaired) electrons. The lowest BCUT2D eigenvalue weighted by molar-refractivity contribution is -0.140. The van der Waals surface area contributed by atoms with Crippen LogP contribution in [0.1, 0.15) is 50.8 Å². The Bertz CT molecular complexity index is 861. The lowest BCUT2D eigenvalue weighted by atomic mass is 10.1. The number of nitrogens with zero attached hydrogens (tertiary/aromatic N) is 1. The molecular weight excluding hydrogens is 428 g/mol. The Morgan fingerprint density at radius 1 is 1.03 bits per heavy atom. The summed E-state index contributed by atoms with van der Waals surface area (Å²) in [4.78, 5) is 27.9. The number of rotatable bonds is 9. The Hall–Kier alpha value is -1.98. The molecule has 0 spiro atoms. The van der Waals surface area contributed by atoms with Crippen LogP contribution in [0.2, 0.25) is 5.02 Å². The van der Waals surface area contributed by atoms with Crippen LogP contribution in [-0.2, 0) is 21.9 Å². The van der Waals surface area contributed by atoms with E-state index in [2.05, 4.69) is 36.5 Å². The summed E-state index contributed by atoms with van der Waals surface area (Å²) in [6.45, 7) is 10.2. The Balaban J connectivity index is 2.14. The molecule has 2 aromatic rings. The van der Waals surface area contributed by atoms with Crippen molar-refractivity contribution in [1.29, 1.82) is 0 Å². The summed E-state index contributed by atoms with van der Waals surface area (Å²) < 4.78 is 0. The lowest BCUT2D eigenvalue weighted by Crippen LogP contribution is -2.53. The number of benzene rings is 2. The second kappa shape index (κ2) is 11.6. The fourth-order valence-corrected chi connectivity index (χ4v) is 4.18. The number of hydrogen-bond donors (Lipinski definition) is 1. The van der Waals surface area contributed by atoms with Gasteiger partial charge in [0.1, 0.15) is 6.04 Å². The smallest absolute Gasteiger partial charge is 0.243 e. The third kappa shape index (κ3) is 8.58. The molecule has 2 amide bonds. The minimum atomic E-state index is -0.526. The largest absolute Gasteiger partial charge is 0.350 e. The molecule has 31 heavy (non-hydrogen) atoms. The van der Waals surface area contributed by atoms with Crippen LogP contribution < -0.4 is 5.32 Å². The molecule has 6 heteroatoms. The van der Waals surface area contributed by atoms with Crippen LogP contribution in [0.4, 0.5) is 0 Å². The second-order valence-electron chi connectivity index (χ2n) is 8.79. The number of carbonyl (C=O) groups is 2. The van der Waals surface area contributed by atoms with Crippen LogP contribution >= 0.6 is 23.4 Å². The van der Waals surface area contributed by atoms with Gasteiger partial charge < -0.3 is 10.2 Å². The number of halogens is 1. The summed E-state index contributed by atoms with van der Waals surface area (Å²) in [6.07, 6.45) is 0.546. The maximum Gasteiger partial charge on any atom is 0.243 e. The third-order valence-electron chi connectivity index (χ3n) is 4.77. The van der Waals surface area contributed by atoms with E-state index in [4.69, 9.17) is 11.6 Å². The predicted molar refractivity (Wildman–Crippen MR) is 131 cm³/mol. The van der Waals surface area contributed by atoms with E-state index in [9.17, 15) is 9.59 Å². The van der Waals surface area contributed by atoms with Crippen molar-refractivity contribution in [1.82, 2.24) is 10.2 Å². The Morgan fingerprint density at radius 3 is 2.16 bits per heavy atom. The number of amides is 2. The van der Waals surface area contributed by atoms with Crippen molar-refractivity contribution >= 4 is 35.2 Å². The van der Waals surface area contributed by atoms with E-state index >= 15 is 0 Å². The van der Waals surface area contributed by atoms with Gasteiger partial charge in [0, 0.05) is 22.9 Å². The molecule has 4 nitrogen and oxygen atoms in total. The zero-order valence-electron chi connectivity index (χ0n) is 19.1. The molecule has 0 saturated carbocycles. The van der Waals surface area contributed by atoms with E-state index in [-0.39, 0.29) is 17.4 Å². The van der Waals surface area contributed by atoms with Crippen molar-refractivity contribution in [2.45, 2.75) is 64.9 Å². The lowest BCUT2D eigenvalue weighted by Gasteiger charge is -2.33. The van der Waals surface area contributed by atoms with E-state index in [1.54, 1.807) is 16.7 Å². The van der Waals surface area contributed by atoms with Gasteiger partial charge in [-0.2, -0.15) is 0 Å². The fraction of sp³-hybridized carbons (Fsp3) is 0.440. The number of aryl methyl sites for hydroxylation is 1. The first-order valence-electron chi connectivity index (χ1n) is 10.6. The molecule has 0 saturated heterocycles. The van der Waals surface area contributed by atoms with Gasteiger partial charge in [-0.15, -0.1) is 11.8 Å². The quantitative estimate of drug-likeness (QED) is 0.529. The van der Waals surface area contributed by atoms with Gasteiger partial charge in [-0.25, -0.2) is 0 Å². The first kappa shape index (κ1) is 25.3. The van der Waals surface area contributed by atoms with Crippen LogP contribution in [0.3, 0.4) is 0 Å². The topological polar surface area (TPSA) is 49.4 Å². The zero-order valence-corrected chi connectivity index (χ0v) is 20.6. The van der Waals surface area contributed by atoms with E-state index < -0.39 is 6.04 Å². The second-order valence-corrected chi connectivity index (χ2v) is 10.2. The highest BCUT2D eigenvalue weighted by Gasteiger charge is 2.30. The van der Waals surface area contributed by atoms with Gasteiger partial charge in [-0.3, -0.25) is 9.59 Å². The van der Waals surface area contributed by atoms with Crippen molar-refractivity contribution in [2.24, 2.45) is 0 Å². The van der Waals surface area contributed by atoms with Gasteiger partial charge in [-0.05, 0) is 57.4 Å². The summed E-state index contributed by atoms with van der Waals surface area (Å²) in [5, 5.41) is 3.67. The van der Waals surface area contributed by atoms with Crippen molar-refractivity contribution in [3.63, 3.8) is 0 Å². The van der Waals surface area contributed by atoms with Crippen LogP contribution in [0, 0.1) is 6.92 Å². The van der Waals surface area contributed by atoms with Gasteiger partial charge in [0.2, 0.25) is 11.8 Å². The number of thioether (sulfide) groups is 1. The highest BCUT2D eigenvalue weighted by Crippen LogP contribution is 2.19. The zero-order chi connectivity index (χ0) is 23.0. The van der Waals surface area contributed by atoms with Crippen molar-refractivity contribution in [3.05, 3.63) is 70.2 Å². The third-order valence-corrected chi connectivity index (χ3v) is 6.01. The van der Waals surface area contributed by atoms with Crippen LogP contribution in [0.15, 0.2) is 48.5 Å². The molecule has 0 aliphatic carbocycles. The Morgan fingerprint density at radius 2 is 1.61 bits per heavy atom. The predicted octanol–water partition coefficient (Wildman–Crippen LogP) is 5.60. The molecule has 0 fully saturated rings. The molecule has 2 rings (SSSR count). The fourth-order valence-electron chi connectivity index (χ4n) is 3.18. The summed E-state index contributed by atoms with van der Waals surface area (Å²) >= 11 is 7.58. The molecule has 168 valence electrons. The highest BCUT2D eigenvalue weighted by atomic mass is 35.5. The van der Waals surface area contributed by atoms with Gasteiger partial charge in [0.25, 0.3) is 0 Å². The van der Waals surface area contributed by atoms with Crippen molar-refractivity contribution < 1.29 is 9.59 Å². The van der Waals surface area contributed by atoms with Crippen LogP contribution in [0.25, 0.3) is 0 Å². The van der Waals surface area contributed by atoms with Gasteiger partial charge in [0.05, 0.1) is 5.75 Å². The molecule has 2 aromatic carbocycles. The maximum absolute atomic E-state index is 13.2. The minimum Gasteiger partial charge on any atom is -0.350 e. The summed E-state index contributed by atoms with van der Waals surface area (Å²) in [5.74, 6) is 0.913. The van der Waals surface area contributed by atoms with Gasteiger partial charge >= 0.3 is 0 Å². The summed E-state index contributed by atoms with van der Waals surface area (Å²) in [5.41, 5.74) is 2.99. The van der Waals surface area contributed by atoms with E-state index in [1.165, 1.54) is 11.1 Å². The minimum absolute atomic E-state index is 0.0389. The molecule has 1 N–H and O–H groups in total. The van der Waals surface area contributed by atoms with Crippen LogP contribution in [0.5, 0.6) is 0 Å².